The molecule has 2 N–H and O–H groups in total. The van der Waals surface area contributed by atoms with Crippen LogP contribution in [-0.2, 0) is 9.53 Å². The van der Waals surface area contributed by atoms with Crippen molar-refractivity contribution in [1.82, 2.24) is 4.90 Å². The van der Waals surface area contributed by atoms with Crippen LogP contribution in [0.15, 0.2) is 0 Å². The quantitative estimate of drug-likeness (QED) is 0.830. The number of likely N-dealkylation sites (tertiary alicyclic amines) is 1. The fourth-order valence-electron chi connectivity index (χ4n) is 2.78. The van der Waals surface area contributed by atoms with Crippen LogP contribution in [0.2, 0.25) is 0 Å². The Kier molecular flexibility index (Phi) is 5.89. The Morgan fingerprint density at radius 1 is 1.39 bits per heavy atom. The fraction of sp³-hybridized carbons (Fsp3) is 0.923. The predicted molar refractivity (Wildman–Crippen MR) is 73.7 cm³/mol. The molecule has 0 spiro atoms. The van der Waals surface area contributed by atoms with Crippen LogP contribution in [0.25, 0.3) is 0 Å². The lowest BCUT2D eigenvalue weighted by molar-refractivity contribution is -0.140. The van der Waals surface area contributed by atoms with Crippen molar-refractivity contribution < 1.29 is 9.53 Å². The van der Waals surface area contributed by atoms with E-state index in [1.807, 2.05) is 18.7 Å². The second-order valence-electron chi connectivity index (χ2n) is 5.65. The Morgan fingerprint density at radius 3 is 2.78 bits per heavy atom. The van der Waals surface area contributed by atoms with E-state index < -0.39 is 0 Å². The van der Waals surface area contributed by atoms with Crippen LogP contribution in [0.3, 0.4) is 0 Å². The maximum Gasteiger partial charge on any atom is 0.239 e. The third kappa shape index (κ3) is 3.37. The zero-order chi connectivity index (χ0) is 12.4. The monoisotopic (exact) mass is 276 g/mol. The lowest BCUT2D eigenvalue weighted by Gasteiger charge is -2.42. The van der Waals surface area contributed by atoms with E-state index in [0.29, 0.717) is 12.0 Å². The standard InChI is InChI=1S/C13H24N2O2.ClH/c1-9(2)12(14)13(16)15-6-5-11-10(8-15)4-3-7-17-11;/h9-12H,3-8,14H2,1-2H3;1H/t10?,11?,12-;/m0./s1. The third-order valence-corrected chi connectivity index (χ3v) is 4.03. The Hall–Kier alpha value is -0.320. The van der Waals surface area contributed by atoms with E-state index >= 15 is 0 Å². The molecule has 0 bridgehead atoms. The number of nitrogens with zero attached hydrogens (tertiary/aromatic N) is 1. The molecule has 0 aromatic carbocycles. The molecule has 3 atom stereocenters. The Morgan fingerprint density at radius 2 is 2.11 bits per heavy atom. The van der Waals surface area contributed by atoms with Crippen LogP contribution in [0.4, 0.5) is 0 Å². The summed E-state index contributed by atoms with van der Waals surface area (Å²) in [7, 11) is 0. The highest BCUT2D eigenvalue weighted by Crippen LogP contribution is 2.28. The highest BCUT2D eigenvalue weighted by Gasteiger charge is 2.35. The van der Waals surface area contributed by atoms with E-state index in [-0.39, 0.29) is 30.3 Å². The SMILES string of the molecule is CC(C)[C@H](N)C(=O)N1CCC2OCCCC2C1.Cl. The zero-order valence-corrected chi connectivity index (χ0v) is 12.1. The van der Waals surface area contributed by atoms with Gasteiger partial charge in [0.15, 0.2) is 0 Å². The molecular formula is C13H25ClN2O2. The van der Waals surface area contributed by atoms with Gasteiger partial charge in [0.1, 0.15) is 0 Å². The number of hydrogen-bond acceptors (Lipinski definition) is 3. The van der Waals surface area contributed by atoms with Crippen LogP contribution in [0, 0.1) is 11.8 Å². The molecule has 0 aromatic heterocycles. The van der Waals surface area contributed by atoms with Gasteiger partial charge in [-0.3, -0.25) is 4.79 Å². The van der Waals surface area contributed by atoms with Gasteiger partial charge in [-0.15, -0.1) is 12.4 Å². The Labute approximate surface area is 116 Å². The highest BCUT2D eigenvalue weighted by molar-refractivity contribution is 5.85. The summed E-state index contributed by atoms with van der Waals surface area (Å²) >= 11 is 0. The molecule has 1 amide bonds. The molecule has 2 fully saturated rings. The number of nitrogens with two attached hydrogens (primary N) is 1. The van der Waals surface area contributed by atoms with Crippen LogP contribution in [-0.4, -0.2) is 42.6 Å². The Balaban J connectivity index is 0.00000162. The lowest BCUT2D eigenvalue weighted by atomic mass is 9.88. The highest BCUT2D eigenvalue weighted by atomic mass is 35.5. The third-order valence-electron chi connectivity index (χ3n) is 4.03. The first kappa shape index (κ1) is 15.7. The molecule has 2 unspecified atom stereocenters. The van der Waals surface area contributed by atoms with E-state index in [0.717, 1.165) is 32.5 Å². The molecule has 2 aliphatic heterocycles. The minimum absolute atomic E-state index is 0. The van der Waals surface area contributed by atoms with Crippen molar-refractivity contribution in [3.05, 3.63) is 0 Å². The van der Waals surface area contributed by atoms with E-state index in [4.69, 9.17) is 10.5 Å². The van der Waals surface area contributed by atoms with Gasteiger partial charge in [-0.05, 0) is 25.2 Å². The number of ether oxygens (including phenoxy) is 1. The van der Waals surface area contributed by atoms with Gasteiger partial charge in [-0.1, -0.05) is 13.8 Å². The van der Waals surface area contributed by atoms with Crippen LogP contribution < -0.4 is 5.73 Å². The number of carbonyl (C=O) groups excluding carboxylic acids is 1. The maximum absolute atomic E-state index is 12.2. The Bertz CT molecular complexity index is 286. The molecule has 0 saturated carbocycles. The summed E-state index contributed by atoms with van der Waals surface area (Å²) < 4.78 is 5.75. The molecular weight excluding hydrogens is 252 g/mol. The summed E-state index contributed by atoms with van der Waals surface area (Å²) in [6.45, 7) is 6.53. The van der Waals surface area contributed by atoms with Crippen LogP contribution in [0.1, 0.15) is 33.1 Å². The average molecular weight is 277 g/mol. The fourth-order valence-corrected chi connectivity index (χ4v) is 2.78. The molecule has 18 heavy (non-hydrogen) atoms. The summed E-state index contributed by atoms with van der Waals surface area (Å²) in [5.41, 5.74) is 5.94. The van der Waals surface area contributed by atoms with Gasteiger partial charge in [0, 0.05) is 25.6 Å². The number of rotatable bonds is 2. The summed E-state index contributed by atoms with van der Waals surface area (Å²) in [5, 5.41) is 0. The van der Waals surface area contributed by atoms with Gasteiger partial charge in [0.2, 0.25) is 5.91 Å². The second-order valence-corrected chi connectivity index (χ2v) is 5.65. The largest absolute Gasteiger partial charge is 0.378 e. The van der Waals surface area contributed by atoms with Crippen LogP contribution >= 0.6 is 12.4 Å². The number of fused-ring (bicyclic) bond motifs is 1. The molecule has 2 rings (SSSR count). The van der Waals surface area contributed by atoms with Gasteiger partial charge >= 0.3 is 0 Å². The molecule has 0 radical (unpaired) electrons. The zero-order valence-electron chi connectivity index (χ0n) is 11.3. The van der Waals surface area contributed by atoms with Gasteiger partial charge in [0.05, 0.1) is 12.1 Å². The second kappa shape index (κ2) is 6.73. The van der Waals surface area contributed by atoms with E-state index in [1.165, 1.54) is 6.42 Å². The molecule has 2 heterocycles. The van der Waals surface area contributed by atoms with Gasteiger partial charge < -0.3 is 15.4 Å². The first-order valence-corrected chi connectivity index (χ1v) is 6.75. The van der Waals surface area contributed by atoms with Crippen LogP contribution in [0.5, 0.6) is 0 Å². The summed E-state index contributed by atoms with van der Waals surface area (Å²) in [4.78, 5) is 14.1. The summed E-state index contributed by atoms with van der Waals surface area (Å²) in [6.07, 6.45) is 3.66. The molecule has 0 aromatic rings. The molecule has 106 valence electrons. The molecule has 2 aliphatic rings. The summed E-state index contributed by atoms with van der Waals surface area (Å²) in [5.74, 6) is 0.854. The van der Waals surface area contributed by atoms with Crippen molar-refractivity contribution >= 4 is 18.3 Å². The van der Waals surface area contributed by atoms with Crippen molar-refractivity contribution in [2.45, 2.75) is 45.3 Å². The van der Waals surface area contributed by atoms with E-state index in [9.17, 15) is 4.79 Å². The van der Waals surface area contributed by atoms with Gasteiger partial charge in [0.25, 0.3) is 0 Å². The van der Waals surface area contributed by atoms with E-state index in [1.54, 1.807) is 0 Å². The van der Waals surface area contributed by atoms with Crippen molar-refractivity contribution in [1.29, 1.82) is 0 Å². The lowest BCUT2D eigenvalue weighted by Crippen LogP contribution is -2.53. The van der Waals surface area contributed by atoms with Gasteiger partial charge in [-0.2, -0.15) is 0 Å². The maximum atomic E-state index is 12.2. The first-order chi connectivity index (χ1) is 8.09. The van der Waals surface area contributed by atoms with Crippen molar-refractivity contribution in [3.8, 4) is 0 Å². The number of amides is 1. The van der Waals surface area contributed by atoms with E-state index in [2.05, 4.69) is 0 Å². The molecule has 4 nitrogen and oxygen atoms in total. The number of piperidine rings is 1. The summed E-state index contributed by atoms with van der Waals surface area (Å²) in [6, 6.07) is -0.351. The number of halogens is 1. The number of hydrogen-bond donors (Lipinski definition) is 1. The minimum Gasteiger partial charge on any atom is -0.378 e. The minimum atomic E-state index is -0.351. The molecule has 2 saturated heterocycles. The molecule has 5 heteroatoms. The van der Waals surface area contributed by atoms with Crippen molar-refractivity contribution in [2.24, 2.45) is 17.6 Å². The normalized spacial score (nSPS) is 29.4. The number of carbonyl (C=O) groups is 1. The predicted octanol–water partition coefficient (Wildman–Crippen LogP) is 1.42. The first-order valence-electron chi connectivity index (χ1n) is 6.75. The molecule has 0 aliphatic carbocycles. The smallest absolute Gasteiger partial charge is 0.239 e. The van der Waals surface area contributed by atoms with Crippen molar-refractivity contribution in [3.63, 3.8) is 0 Å². The van der Waals surface area contributed by atoms with Gasteiger partial charge in [-0.25, -0.2) is 0 Å². The average Bonchev–Trinajstić information content (AvgIpc) is 2.36. The van der Waals surface area contributed by atoms with Crippen molar-refractivity contribution in [2.75, 3.05) is 19.7 Å². The topological polar surface area (TPSA) is 55.6 Å².